The molecule has 0 aliphatic carbocycles. The van der Waals surface area contributed by atoms with Crippen molar-refractivity contribution in [3.8, 4) is 0 Å². The van der Waals surface area contributed by atoms with Gasteiger partial charge in [-0.05, 0) is 57.7 Å². The lowest BCUT2D eigenvalue weighted by atomic mass is 9.99. The van der Waals surface area contributed by atoms with Gasteiger partial charge in [0.05, 0.1) is 11.5 Å². The second-order valence-corrected chi connectivity index (χ2v) is 11.0. The molecule has 3 rings (SSSR count). The number of nitrogens with one attached hydrogen (secondary N) is 1. The predicted molar refractivity (Wildman–Crippen MR) is 143 cm³/mol. The van der Waals surface area contributed by atoms with E-state index in [2.05, 4.69) is 5.32 Å². The Balaban J connectivity index is 1.73. The number of hydrogen-bond acceptors (Lipinski definition) is 7. The van der Waals surface area contributed by atoms with Crippen LogP contribution in [0.4, 0.5) is 10.5 Å². The molecule has 1 heterocycles. The van der Waals surface area contributed by atoms with Gasteiger partial charge in [-0.25, -0.2) is 4.79 Å². The molecule has 1 aliphatic rings. The molecule has 0 aromatic heterocycles. The number of carbonyl (C=O) groups excluding carboxylic acids is 3. The summed E-state index contributed by atoms with van der Waals surface area (Å²) in [6, 6.07) is 14.1. The maximum atomic E-state index is 13.6. The van der Waals surface area contributed by atoms with Crippen LogP contribution >= 0.6 is 0 Å². The molecule has 1 aliphatic heterocycles. The Hall–Kier alpha value is -3.99. The molecule has 1 N–H and O–H groups in total. The van der Waals surface area contributed by atoms with E-state index in [1.807, 2.05) is 30.3 Å². The number of hydrogen-bond donors (Lipinski definition) is 1. The molecule has 0 fully saturated rings. The molecule has 0 spiro atoms. The van der Waals surface area contributed by atoms with Crippen molar-refractivity contribution >= 4 is 23.6 Å². The average Bonchev–Trinajstić information content (AvgIpc) is 2.86. The van der Waals surface area contributed by atoms with Crippen LogP contribution in [0.3, 0.4) is 0 Å². The summed E-state index contributed by atoms with van der Waals surface area (Å²) in [7, 11) is 0. The Morgan fingerprint density at radius 1 is 1.05 bits per heavy atom. The van der Waals surface area contributed by atoms with E-state index in [0.29, 0.717) is 18.5 Å². The lowest BCUT2D eigenvalue weighted by molar-refractivity contribution is -0.385. The number of nitro benzene ring substituents is 1. The second-order valence-electron chi connectivity index (χ2n) is 11.0. The van der Waals surface area contributed by atoms with Crippen molar-refractivity contribution in [3.05, 3.63) is 75.3 Å². The first-order chi connectivity index (χ1) is 18.2. The normalized spacial score (nSPS) is 13.3. The number of fused-ring (bicyclic) bond motifs is 1. The molecule has 39 heavy (non-hydrogen) atoms. The smallest absolute Gasteiger partial charge is 0.408 e. The Labute approximate surface area is 228 Å². The fraction of sp³-hybridized carbons (Fsp3) is 0.464. The highest BCUT2D eigenvalue weighted by atomic mass is 16.6. The van der Waals surface area contributed by atoms with Gasteiger partial charge >= 0.3 is 6.09 Å². The largest absolute Gasteiger partial charge is 0.444 e. The third-order valence-electron chi connectivity index (χ3n) is 6.09. The number of non-ortho nitro benzene ring substituents is 1. The van der Waals surface area contributed by atoms with Gasteiger partial charge in [-0.15, -0.1) is 0 Å². The maximum Gasteiger partial charge on any atom is 0.408 e. The summed E-state index contributed by atoms with van der Waals surface area (Å²) in [5.41, 5.74) is 0.367. The summed E-state index contributed by atoms with van der Waals surface area (Å²) in [6.45, 7) is 8.57. The van der Waals surface area contributed by atoms with Crippen LogP contribution in [0.2, 0.25) is 0 Å². The minimum atomic E-state index is -1.40. The molecule has 11 heteroatoms. The van der Waals surface area contributed by atoms with E-state index in [1.165, 1.54) is 30.9 Å². The monoisotopic (exact) mass is 540 g/mol. The standard InChI is InChI=1S/C28H36N4O7/c1-27(2,3)39-26(35)29-28(4,5)25(34)31(19-38-18-20-9-7-6-8-10-20)17-24(33)30-14-13-21-11-12-23(32(36)37)15-22(21)16-30/h6-12,15H,13-14,16-19H2,1-5H3,(H,29,35). The van der Waals surface area contributed by atoms with E-state index in [4.69, 9.17) is 9.47 Å². The fourth-order valence-electron chi connectivity index (χ4n) is 4.16. The molecule has 0 radical (unpaired) electrons. The molecular weight excluding hydrogens is 504 g/mol. The summed E-state index contributed by atoms with van der Waals surface area (Å²) in [4.78, 5) is 52.9. The topological polar surface area (TPSA) is 131 Å². The minimum absolute atomic E-state index is 0.0378. The van der Waals surface area contributed by atoms with E-state index in [9.17, 15) is 24.5 Å². The van der Waals surface area contributed by atoms with Crippen molar-refractivity contribution in [2.24, 2.45) is 0 Å². The zero-order valence-electron chi connectivity index (χ0n) is 23.1. The van der Waals surface area contributed by atoms with Crippen molar-refractivity contribution in [2.45, 2.75) is 65.3 Å². The number of rotatable bonds is 9. The molecule has 0 atom stereocenters. The van der Waals surface area contributed by atoms with Gasteiger partial charge in [-0.3, -0.25) is 19.7 Å². The minimum Gasteiger partial charge on any atom is -0.444 e. The average molecular weight is 541 g/mol. The van der Waals surface area contributed by atoms with Crippen LogP contribution in [0.5, 0.6) is 0 Å². The van der Waals surface area contributed by atoms with Crippen LogP contribution in [-0.2, 0) is 38.6 Å². The van der Waals surface area contributed by atoms with Crippen LogP contribution < -0.4 is 5.32 Å². The quantitative estimate of drug-likeness (QED) is 0.291. The molecule has 210 valence electrons. The van der Waals surface area contributed by atoms with Crippen LogP contribution in [0, 0.1) is 10.1 Å². The number of nitro groups is 1. The molecule has 2 aromatic rings. The summed E-state index contributed by atoms with van der Waals surface area (Å²) in [5, 5.41) is 13.8. The molecule has 11 nitrogen and oxygen atoms in total. The van der Waals surface area contributed by atoms with Crippen LogP contribution in [-0.4, -0.2) is 63.6 Å². The van der Waals surface area contributed by atoms with E-state index >= 15 is 0 Å². The van der Waals surface area contributed by atoms with Gasteiger partial charge < -0.3 is 24.6 Å². The number of benzene rings is 2. The lowest BCUT2D eigenvalue weighted by Gasteiger charge is -2.35. The van der Waals surface area contributed by atoms with Crippen molar-refractivity contribution in [1.29, 1.82) is 0 Å². The van der Waals surface area contributed by atoms with Crippen LogP contribution in [0.25, 0.3) is 0 Å². The SMILES string of the molecule is CC(C)(C)OC(=O)NC(C)(C)C(=O)N(COCc1ccccc1)CC(=O)N1CCc2ccc([N+](=O)[O-])cc2C1. The third-order valence-corrected chi connectivity index (χ3v) is 6.09. The van der Waals surface area contributed by atoms with E-state index in [-0.39, 0.29) is 38.0 Å². The van der Waals surface area contributed by atoms with E-state index < -0.39 is 28.1 Å². The number of alkyl carbamates (subject to hydrolysis) is 1. The summed E-state index contributed by atoms with van der Waals surface area (Å²) in [5.74, 6) is -0.861. The molecule has 0 saturated carbocycles. The number of nitrogens with zero attached hydrogens (tertiary/aromatic N) is 3. The van der Waals surface area contributed by atoms with Gasteiger partial charge in [0.1, 0.15) is 24.4 Å². The first-order valence-electron chi connectivity index (χ1n) is 12.7. The van der Waals surface area contributed by atoms with Gasteiger partial charge in [0.2, 0.25) is 11.8 Å². The number of amides is 3. The summed E-state index contributed by atoms with van der Waals surface area (Å²) < 4.78 is 11.1. The Bertz CT molecular complexity index is 1210. The van der Waals surface area contributed by atoms with Crippen LogP contribution in [0.1, 0.15) is 51.3 Å². The molecule has 0 bridgehead atoms. The highest BCUT2D eigenvalue weighted by molar-refractivity contribution is 5.92. The summed E-state index contributed by atoms with van der Waals surface area (Å²) in [6.07, 6.45) is -0.213. The zero-order valence-corrected chi connectivity index (χ0v) is 23.1. The van der Waals surface area contributed by atoms with Gasteiger partial charge in [0.15, 0.2) is 0 Å². The van der Waals surface area contributed by atoms with Crippen molar-refractivity contribution < 1.29 is 28.8 Å². The molecule has 2 aromatic carbocycles. The van der Waals surface area contributed by atoms with Crippen LogP contribution in [0.15, 0.2) is 48.5 Å². The fourth-order valence-corrected chi connectivity index (χ4v) is 4.16. The predicted octanol–water partition coefficient (Wildman–Crippen LogP) is 3.79. The van der Waals surface area contributed by atoms with Crippen molar-refractivity contribution in [2.75, 3.05) is 19.8 Å². The Kier molecular flexibility index (Phi) is 9.28. The zero-order chi connectivity index (χ0) is 28.8. The van der Waals surface area contributed by atoms with Gasteiger partial charge in [-0.1, -0.05) is 36.4 Å². The Morgan fingerprint density at radius 3 is 2.38 bits per heavy atom. The molecular formula is C28H36N4O7. The third kappa shape index (κ3) is 8.51. The second kappa shape index (κ2) is 12.2. The molecule has 0 saturated heterocycles. The molecule has 3 amide bonds. The van der Waals surface area contributed by atoms with Gasteiger partial charge in [0, 0.05) is 25.2 Å². The van der Waals surface area contributed by atoms with Crippen molar-refractivity contribution in [3.63, 3.8) is 0 Å². The lowest BCUT2D eigenvalue weighted by Crippen LogP contribution is -2.58. The highest BCUT2D eigenvalue weighted by Gasteiger charge is 2.37. The van der Waals surface area contributed by atoms with E-state index in [0.717, 1.165) is 11.1 Å². The van der Waals surface area contributed by atoms with E-state index in [1.54, 1.807) is 31.7 Å². The summed E-state index contributed by atoms with van der Waals surface area (Å²) >= 11 is 0. The van der Waals surface area contributed by atoms with Gasteiger partial charge in [0.25, 0.3) is 5.69 Å². The number of carbonyl (C=O) groups is 3. The first-order valence-corrected chi connectivity index (χ1v) is 12.7. The molecule has 0 unspecified atom stereocenters. The maximum absolute atomic E-state index is 13.6. The van der Waals surface area contributed by atoms with Crippen molar-refractivity contribution in [1.82, 2.24) is 15.1 Å². The first kappa shape index (κ1) is 29.6. The van der Waals surface area contributed by atoms with Gasteiger partial charge in [-0.2, -0.15) is 0 Å². The number of ether oxygens (including phenoxy) is 2. The highest BCUT2D eigenvalue weighted by Crippen LogP contribution is 2.24. The Morgan fingerprint density at radius 2 is 1.74 bits per heavy atom.